The summed E-state index contributed by atoms with van der Waals surface area (Å²) in [6, 6.07) is 0.617. The first kappa shape index (κ1) is 14.1. The minimum absolute atomic E-state index is 0.183. The molecule has 5 heteroatoms. The van der Waals surface area contributed by atoms with Gasteiger partial charge in [0.05, 0.1) is 6.20 Å². The minimum atomic E-state index is -0.183. The SMILES string of the molecule is Cc1cnoc1C(=O)NCCNC1CCCCCC1. The zero-order valence-corrected chi connectivity index (χ0v) is 11.6. The molecular formula is C14H23N3O2. The molecule has 0 atom stereocenters. The van der Waals surface area contributed by atoms with Crippen molar-refractivity contribution in [2.75, 3.05) is 13.1 Å². The van der Waals surface area contributed by atoms with Crippen LogP contribution in [-0.4, -0.2) is 30.2 Å². The first-order valence-corrected chi connectivity index (χ1v) is 7.20. The molecule has 1 aliphatic carbocycles. The topological polar surface area (TPSA) is 67.2 Å². The summed E-state index contributed by atoms with van der Waals surface area (Å²) >= 11 is 0. The van der Waals surface area contributed by atoms with Crippen molar-refractivity contribution in [2.45, 2.75) is 51.5 Å². The molecule has 0 unspecified atom stereocenters. The first-order valence-electron chi connectivity index (χ1n) is 7.20. The van der Waals surface area contributed by atoms with Gasteiger partial charge in [-0.25, -0.2) is 0 Å². The Hall–Kier alpha value is -1.36. The molecule has 5 nitrogen and oxygen atoms in total. The van der Waals surface area contributed by atoms with Gasteiger partial charge in [0.2, 0.25) is 5.76 Å². The Morgan fingerprint density at radius 3 is 2.68 bits per heavy atom. The van der Waals surface area contributed by atoms with Crippen LogP contribution in [0.25, 0.3) is 0 Å². The van der Waals surface area contributed by atoms with E-state index in [9.17, 15) is 4.79 Å². The molecule has 0 radical (unpaired) electrons. The second-order valence-corrected chi connectivity index (χ2v) is 5.24. The van der Waals surface area contributed by atoms with Gasteiger partial charge in [0.25, 0.3) is 5.91 Å². The number of nitrogens with one attached hydrogen (secondary N) is 2. The highest BCUT2D eigenvalue weighted by atomic mass is 16.5. The van der Waals surface area contributed by atoms with Crippen LogP contribution < -0.4 is 10.6 Å². The lowest BCUT2D eigenvalue weighted by Gasteiger charge is -2.16. The summed E-state index contributed by atoms with van der Waals surface area (Å²) in [5, 5.41) is 9.97. The molecule has 1 saturated carbocycles. The van der Waals surface area contributed by atoms with Crippen molar-refractivity contribution in [3.63, 3.8) is 0 Å². The highest BCUT2D eigenvalue weighted by Crippen LogP contribution is 2.16. The fourth-order valence-corrected chi connectivity index (χ4v) is 2.53. The molecule has 1 aromatic heterocycles. The maximum absolute atomic E-state index is 11.8. The van der Waals surface area contributed by atoms with E-state index < -0.39 is 0 Å². The van der Waals surface area contributed by atoms with Gasteiger partial charge < -0.3 is 15.2 Å². The number of hydrogen-bond acceptors (Lipinski definition) is 4. The van der Waals surface area contributed by atoms with E-state index in [1.54, 1.807) is 6.20 Å². The predicted octanol–water partition coefficient (Wildman–Crippen LogP) is 2.03. The monoisotopic (exact) mass is 265 g/mol. The van der Waals surface area contributed by atoms with Crippen molar-refractivity contribution in [1.29, 1.82) is 0 Å². The third kappa shape index (κ3) is 4.35. The van der Waals surface area contributed by atoms with Crippen molar-refractivity contribution < 1.29 is 9.32 Å². The van der Waals surface area contributed by atoms with Gasteiger partial charge in [-0.15, -0.1) is 0 Å². The van der Waals surface area contributed by atoms with Gasteiger partial charge in [0.15, 0.2) is 0 Å². The molecule has 1 aromatic rings. The Morgan fingerprint density at radius 1 is 1.32 bits per heavy atom. The lowest BCUT2D eigenvalue weighted by Crippen LogP contribution is -2.36. The molecular weight excluding hydrogens is 242 g/mol. The zero-order valence-electron chi connectivity index (χ0n) is 11.6. The van der Waals surface area contributed by atoms with E-state index in [-0.39, 0.29) is 5.91 Å². The van der Waals surface area contributed by atoms with Crippen LogP contribution in [0.2, 0.25) is 0 Å². The molecule has 1 aliphatic rings. The van der Waals surface area contributed by atoms with Gasteiger partial charge in [-0.3, -0.25) is 4.79 Å². The molecule has 19 heavy (non-hydrogen) atoms. The molecule has 0 aromatic carbocycles. The number of hydrogen-bond donors (Lipinski definition) is 2. The summed E-state index contributed by atoms with van der Waals surface area (Å²) < 4.78 is 4.91. The number of carbonyl (C=O) groups is 1. The van der Waals surface area contributed by atoms with Gasteiger partial charge >= 0.3 is 0 Å². The molecule has 1 amide bonds. The quantitative estimate of drug-likeness (QED) is 0.631. The molecule has 0 aliphatic heterocycles. The Morgan fingerprint density at radius 2 is 2.05 bits per heavy atom. The van der Waals surface area contributed by atoms with Crippen LogP contribution in [0.4, 0.5) is 0 Å². The van der Waals surface area contributed by atoms with Crippen LogP contribution in [-0.2, 0) is 0 Å². The molecule has 0 bridgehead atoms. The Bertz CT molecular complexity index is 395. The van der Waals surface area contributed by atoms with Gasteiger partial charge in [0.1, 0.15) is 0 Å². The number of carbonyl (C=O) groups excluding carboxylic acids is 1. The summed E-state index contributed by atoms with van der Waals surface area (Å²) in [6.07, 6.45) is 9.44. The smallest absolute Gasteiger partial charge is 0.290 e. The average Bonchev–Trinajstić information content (AvgIpc) is 2.68. The van der Waals surface area contributed by atoms with Gasteiger partial charge in [-0.2, -0.15) is 0 Å². The van der Waals surface area contributed by atoms with Crippen LogP contribution in [0.15, 0.2) is 10.7 Å². The second-order valence-electron chi connectivity index (χ2n) is 5.24. The van der Waals surface area contributed by atoms with Crippen molar-refractivity contribution in [2.24, 2.45) is 0 Å². The number of aryl methyl sites for hydroxylation is 1. The Labute approximate surface area is 114 Å². The van der Waals surface area contributed by atoms with Crippen LogP contribution in [0.5, 0.6) is 0 Å². The van der Waals surface area contributed by atoms with E-state index in [1.165, 1.54) is 38.5 Å². The second kappa shape index (κ2) is 7.28. The molecule has 106 valence electrons. The zero-order chi connectivity index (χ0) is 13.5. The predicted molar refractivity (Wildman–Crippen MR) is 73.1 cm³/mol. The number of aromatic nitrogens is 1. The Kier molecular flexibility index (Phi) is 5.39. The summed E-state index contributed by atoms with van der Waals surface area (Å²) in [4.78, 5) is 11.8. The number of nitrogens with zero attached hydrogens (tertiary/aromatic N) is 1. The highest BCUT2D eigenvalue weighted by Gasteiger charge is 2.14. The molecule has 2 rings (SSSR count). The maximum atomic E-state index is 11.8. The van der Waals surface area contributed by atoms with E-state index in [0.29, 0.717) is 18.3 Å². The first-order chi connectivity index (χ1) is 9.27. The maximum Gasteiger partial charge on any atom is 0.290 e. The molecule has 1 heterocycles. The van der Waals surface area contributed by atoms with E-state index in [1.807, 2.05) is 6.92 Å². The lowest BCUT2D eigenvalue weighted by molar-refractivity contribution is 0.0915. The van der Waals surface area contributed by atoms with Crippen LogP contribution in [0.1, 0.15) is 54.6 Å². The summed E-state index contributed by atoms with van der Waals surface area (Å²) in [7, 11) is 0. The average molecular weight is 265 g/mol. The Balaban J connectivity index is 1.64. The van der Waals surface area contributed by atoms with E-state index in [4.69, 9.17) is 4.52 Å². The normalized spacial score (nSPS) is 17.1. The standard InChI is InChI=1S/C14H23N3O2/c1-11-10-17-19-13(11)14(18)16-9-8-15-12-6-4-2-3-5-7-12/h10,12,15H,2-9H2,1H3,(H,16,18). The largest absolute Gasteiger partial charge is 0.351 e. The van der Waals surface area contributed by atoms with Gasteiger partial charge in [-0.1, -0.05) is 30.8 Å². The number of amides is 1. The summed E-state index contributed by atoms with van der Waals surface area (Å²) in [6.45, 7) is 3.24. The lowest BCUT2D eigenvalue weighted by atomic mass is 10.1. The fourth-order valence-electron chi connectivity index (χ4n) is 2.53. The van der Waals surface area contributed by atoms with Crippen LogP contribution in [0.3, 0.4) is 0 Å². The molecule has 2 N–H and O–H groups in total. The summed E-state index contributed by atoms with van der Waals surface area (Å²) in [5.74, 6) is 0.132. The van der Waals surface area contributed by atoms with Crippen molar-refractivity contribution in [3.05, 3.63) is 17.5 Å². The van der Waals surface area contributed by atoms with E-state index in [0.717, 1.165) is 12.1 Å². The highest BCUT2D eigenvalue weighted by molar-refractivity contribution is 5.92. The summed E-state index contributed by atoms with van der Waals surface area (Å²) in [5.41, 5.74) is 0.772. The molecule has 1 fully saturated rings. The van der Waals surface area contributed by atoms with Crippen LogP contribution in [0, 0.1) is 6.92 Å². The third-order valence-corrected chi connectivity index (χ3v) is 3.65. The number of rotatable bonds is 5. The van der Waals surface area contributed by atoms with E-state index in [2.05, 4.69) is 15.8 Å². The van der Waals surface area contributed by atoms with E-state index >= 15 is 0 Å². The van der Waals surface area contributed by atoms with Gasteiger partial charge in [-0.05, 0) is 19.8 Å². The van der Waals surface area contributed by atoms with Crippen molar-refractivity contribution in [3.8, 4) is 0 Å². The van der Waals surface area contributed by atoms with Crippen molar-refractivity contribution in [1.82, 2.24) is 15.8 Å². The fraction of sp³-hybridized carbons (Fsp3) is 0.714. The minimum Gasteiger partial charge on any atom is -0.351 e. The van der Waals surface area contributed by atoms with Crippen molar-refractivity contribution >= 4 is 5.91 Å². The molecule has 0 saturated heterocycles. The van der Waals surface area contributed by atoms with Gasteiger partial charge in [0, 0.05) is 24.7 Å². The van der Waals surface area contributed by atoms with Crippen LogP contribution >= 0.6 is 0 Å². The third-order valence-electron chi connectivity index (χ3n) is 3.65. The molecule has 0 spiro atoms.